The maximum absolute atomic E-state index is 12.7. The minimum Gasteiger partial charge on any atom is -0.373 e. The number of carbonyl (C=O) groups is 1. The van der Waals surface area contributed by atoms with E-state index in [9.17, 15) is 18.0 Å². The zero-order valence-corrected chi connectivity index (χ0v) is 12.3. The SMILES string of the molecule is CC(Nc1cc(C(F)(F)F)ccc1Cl)C(=O)N1CCCC1. The molecule has 116 valence electrons. The van der Waals surface area contributed by atoms with E-state index in [0.717, 1.165) is 25.0 Å². The van der Waals surface area contributed by atoms with Crippen molar-refractivity contribution in [3.8, 4) is 0 Å². The van der Waals surface area contributed by atoms with Gasteiger partial charge in [-0.2, -0.15) is 13.2 Å². The van der Waals surface area contributed by atoms with Crippen LogP contribution in [-0.2, 0) is 11.0 Å². The van der Waals surface area contributed by atoms with Gasteiger partial charge in [0.1, 0.15) is 6.04 Å². The largest absolute Gasteiger partial charge is 0.416 e. The number of likely N-dealkylation sites (tertiary alicyclic amines) is 1. The van der Waals surface area contributed by atoms with Crippen molar-refractivity contribution in [1.82, 2.24) is 4.90 Å². The van der Waals surface area contributed by atoms with E-state index < -0.39 is 17.8 Å². The number of anilines is 1. The summed E-state index contributed by atoms with van der Waals surface area (Å²) in [6.45, 7) is 3.01. The second-order valence-corrected chi connectivity index (χ2v) is 5.50. The van der Waals surface area contributed by atoms with Crippen LogP contribution in [0.5, 0.6) is 0 Å². The van der Waals surface area contributed by atoms with E-state index >= 15 is 0 Å². The number of nitrogens with zero attached hydrogens (tertiary/aromatic N) is 1. The first-order chi connectivity index (χ1) is 9.79. The highest BCUT2D eigenvalue weighted by molar-refractivity contribution is 6.33. The summed E-state index contributed by atoms with van der Waals surface area (Å²) in [6.07, 6.45) is -2.52. The van der Waals surface area contributed by atoms with Crippen molar-refractivity contribution < 1.29 is 18.0 Å². The standard InChI is InChI=1S/C14H16ClF3N2O/c1-9(13(21)20-6-2-3-7-20)19-12-8-10(14(16,17)18)4-5-11(12)15/h4-5,8-9,19H,2-3,6-7H2,1H3. The topological polar surface area (TPSA) is 32.3 Å². The highest BCUT2D eigenvalue weighted by Gasteiger charge is 2.31. The Morgan fingerprint density at radius 2 is 1.95 bits per heavy atom. The fourth-order valence-electron chi connectivity index (χ4n) is 2.32. The van der Waals surface area contributed by atoms with E-state index in [4.69, 9.17) is 11.6 Å². The number of halogens is 4. The van der Waals surface area contributed by atoms with E-state index in [0.29, 0.717) is 13.1 Å². The second kappa shape index (κ2) is 6.13. The molecule has 0 spiro atoms. The molecule has 2 rings (SSSR count). The number of alkyl halides is 3. The molecule has 1 aliphatic heterocycles. The summed E-state index contributed by atoms with van der Waals surface area (Å²) >= 11 is 5.90. The zero-order valence-electron chi connectivity index (χ0n) is 11.5. The van der Waals surface area contributed by atoms with Gasteiger partial charge in [0.05, 0.1) is 16.3 Å². The third kappa shape index (κ3) is 3.81. The number of amides is 1. The molecule has 1 amide bonds. The van der Waals surface area contributed by atoms with Gasteiger partial charge in [0, 0.05) is 13.1 Å². The fraction of sp³-hybridized carbons (Fsp3) is 0.500. The van der Waals surface area contributed by atoms with Crippen LogP contribution < -0.4 is 5.32 Å². The van der Waals surface area contributed by atoms with Gasteiger partial charge in [-0.25, -0.2) is 0 Å². The predicted octanol–water partition coefficient (Wildman–Crippen LogP) is 3.78. The summed E-state index contributed by atoms with van der Waals surface area (Å²) in [5.74, 6) is -0.124. The van der Waals surface area contributed by atoms with Crippen molar-refractivity contribution in [1.29, 1.82) is 0 Å². The van der Waals surface area contributed by atoms with Gasteiger partial charge in [0.25, 0.3) is 0 Å². The zero-order chi connectivity index (χ0) is 15.6. The lowest BCUT2D eigenvalue weighted by molar-refractivity contribution is -0.137. The number of benzene rings is 1. The normalized spacial score (nSPS) is 16.9. The highest BCUT2D eigenvalue weighted by atomic mass is 35.5. The Balaban J connectivity index is 2.12. The van der Waals surface area contributed by atoms with Gasteiger partial charge in [-0.15, -0.1) is 0 Å². The molecule has 1 atom stereocenters. The van der Waals surface area contributed by atoms with Crippen molar-refractivity contribution >= 4 is 23.2 Å². The lowest BCUT2D eigenvalue weighted by Gasteiger charge is -2.22. The molecule has 0 radical (unpaired) electrons. The molecule has 1 aromatic carbocycles. The molecule has 7 heteroatoms. The molecule has 0 saturated carbocycles. The summed E-state index contributed by atoms with van der Waals surface area (Å²) in [5, 5.41) is 2.93. The Kier molecular flexibility index (Phi) is 4.66. The summed E-state index contributed by atoms with van der Waals surface area (Å²) in [4.78, 5) is 13.8. The fourth-order valence-corrected chi connectivity index (χ4v) is 2.49. The van der Waals surface area contributed by atoms with Crippen molar-refractivity contribution in [2.24, 2.45) is 0 Å². The number of carbonyl (C=O) groups excluding carboxylic acids is 1. The van der Waals surface area contributed by atoms with Gasteiger partial charge in [-0.05, 0) is 38.0 Å². The summed E-state index contributed by atoms with van der Waals surface area (Å²) in [7, 11) is 0. The maximum Gasteiger partial charge on any atom is 0.416 e. The molecular formula is C14H16ClF3N2O. The van der Waals surface area contributed by atoms with Gasteiger partial charge in [0.15, 0.2) is 0 Å². The summed E-state index contributed by atoms with van der Waals surface area (Å²) in [5.41, 5.74) is -0.679. The van der Waals surface area contributed by atoms with Gasteiger partial charge in [-0.1, -0.05) is 11.6 Å². The van der Waals surface area contributed by atoms with Gasteiger partial charge >= 0.3 is 6.18 Å². The Morgan fingerprint density at radius 3 is 2.52 bits per heavy atom. The summed E-state index contributed by atoms with van der Waals surface area (Å²) in [6, 6.07) is 2.40. The summed E-state index contributed by atoms with van der Waals surface area (Å²) < 4.78 is 38.1. The Hall–Kier alpha value is -1.43. The van der Waals surface area contributed by atoms with Crippen LogP contribution in [0.1, 0.15) is 25.3 Å². The van der Waals surface area contributed by atoms with Crippen LogP contribution in [0.25, 0.3) is 0 Å². The molecule has 3 nitrogen and oxygen atoms in total. The first kappa shape index (κ1) is 15.9. The van der Waals surface area contributed by atoms with Crippen LogP contribution in [0.4, 0.5) is 18.9 Å². The Morgan fingerprint density at radius 1 is 1.33 bits per heavy atom. The first-order valence-corrected chi connectivity index (χ1v) is 7.09. The molecular weight excluding hydrogens is 305 g/mol. The molecule has 0 bridgehead atoms. The number of rotatable bonds is 3. The third-order valence-corrected chi connectivity index (χ3v) is 3.78. The van der Waals surface area contributed by atoms with Crippen molar-refractivity contribution in [2.75, 3.05) is 18.4 Å². The molecule has 1 aliphatic rings. The molecule has 1 fully saturated rings. The molecule has 1 unspecified atom stereocenters. The average molecular weight is 321 g/mol. The van der Waals surface area contributed by atoms with E-state index in [1.807, 2.05) is 0 Å². The minimum atomic E-state index is -4.44. The van der Waals surface area contributed by atoms with Crippen molar-refractivity contribution in [2.45, 2.75) is 32.0 Å². The molecule has 1 saturated heterocycles. The van der Waals surface area contributed by atoms with Crippen molar-refractivity contribution in [3.05, 3.63) is 28.8 Å². The molecule has 21 heavy (non-hydrogen) atoms. The second-order valence-electron chi connectivity index (χ2n) is 5.09. The van der Waals surface area contributed by atoms with Crippen LogP contribution in [0, 0.1) is 0 Å². The first-order valence-electron chi connectivity index (χ1n) is 6.71. The van der Waals surface area contributed by atoms with Crippen LogP contribution in [0.2, 0.25) is 5.02 Å². The quantitative estimate of drug-likeness (QED) is 0.919. The highest BCUT2D eigenvalue weighted by Crippen LogP contribution is 2.34. The molecule has 1 heterocycles. The van der Waals surface area contributed by atoms with E-state index in [2.05, 4.69) is 5.32 Å². The van der Waals surface area contributed by atoms with Crippen LogP contribution in [0.3, 0.4) is 0 Å². The minimum absolute atomic E-state index is 0.117. The molecule has 1 N–H and O–H groups in total. The van der Waals surface area contributed by atoms with E-state index in [1.165, 1.54) is 6.07 Å². The third-order valence-electron chi connectivity index (χ3n) is 3.45. The van der Waals surface area contributed by atoms with E-state index in [1.54, 1.807) is 11.8 Å². The number of hydrogen-bond acceptors (Lipinski definition) is 2. The van der Waals surface area contributed by atoms with Crippen LogP contribution >= 0.6 is 11.6 Å². The van der Waals surface area contributed by atoms with Crippen LogP contribution in [0.15, 0.2) is 18.2 Å². The lowest BCUT2D eigenvalue weighted by Crippen LogP contribution is -2.39. The smallest absolute Gasteiger partial charge is 0.373 e. The van der Waals surface area contributed by atoms with Gasteiger partial charge in [0.2, 0.25) is 5.91 Å². The Bertz CT molecular complexity index is 527. The molecule has 1 aromatic rings. The number of hydrogen-bond donors (Lipinski definition) is 1. The van der Waals surface area contributed by atoms with E-state index in [-0.39, 0.29) is 16.6 Å². The van der Waals surface area contributed by atoms with Crippen LogP contribution in [-0.4, -0.2) is 29.9 Å². The number of nitrogens with one attached hydrogen (secondary N) is 1. The molecule has 0 aromatic heterocycles. The monoisotopic (exact) mass is 320 g/mol. The Labute approximate surface area is 126 Å². The van der Waals surface area contributed by atoms with Gasteiger partial charge < -0.3 is 10.2 Å². The van der Waals surface area contributed by atoms with Crippen molar-refractivity contribution in [3.63, 3.8) is 0 Å². The predicted molar refractivity (Wildman–Crippen MR) is 75.4 cm³/mol. The lowest BCUT2D eigenvalue weighted by atomic mass is 10.1. The molecule has 0 aliphatic carbocycles. The maximum atomic E-state index is 12.7. The van der Waals surface area contributed by atoms with Gasteiger partial charge in [-0.3, -0.25) is 4.79 Å². The average Bonchev–Trinajstić information content (AvgIpc) is 2.92.